The number of ether oxygens (including phenoxy) is 11. The van der Waals surface area contributed by atoms with Crippen LogP contribution in [0.25, 0.3) is 44.5 Å². The molecule has 0 radical (unpaired) electrons. The van der Waals surface area contributed by atoms with Gasteiger partial charge in [0.1, 0.15) is 85.4 Å². The summed E-state index contributed by atoms with van der Waals surface area (Å²) >= 11 is 0. The summed E-state index contributed by atoms with van der Waals surface area (Å²) in [5, 5.41) is 40.5. The quantitative estimate of drug-likeness (QED) is 0.0116. The van der Waals surface area contributed by atoms with Gasteiger partial charge in [-0.1, -0.05) is 218 Å². The van der Waals surface area contributed by atoms with Crippen molar-refractivity contribution >= 4 is 47.6 Å². The lowest BCUT2D eigenvalue weighted by Gasteiger charge is -2.21. The summed E-state index contributed by atoms with van der Waals surface area (Å²) in [6, 6.07) is 80.7. The zero-order valence-electron chi connectivity index (χ0n) is 78.1. The van der Waals surface area contributed by atoms with Crippen LogP contribution in [0.3, 0.4) is 0 Å². The monoisotopic (exact) mass is 2010 g/mol. The summed E-state index contributed by atoms with van der Waals surface area (Å²) in [7, 11) is 0. The van der Waals surface area contributed by atoms with Crippen molar-refractivity contribution in [2.75, 3.05) is 26.4 Å². The number of hydrogen-bond acceptors (Lipinski definition) is 23. The van der Waals surface area contributed by atoms with Gasteiger partial charge in [0.05, 0.1) is 64.3 Å². The van der Waals surface area contributed by atoms with Gasteiger partial charge in [-0.25, -0.2) is 19.2 Å². The Hall–Kier alpha value is -14.8. The number of rotatable bonds is 28. The normalized spacial score (nSPS) is 24.1. The van der Waals surface area contributed by atoms with Gasteiger partial charge in [0, 0.05) is 80.1 Å². The van der Waals surface area contributed by atoms with Gasteiger partial charge in [0.25, 0.3) is 0 Å². The predicted octanol–water partition coefficient (Wildman–Crippen LogP) is 20.4. The standard InChI is InChI=1S/C31H29F3O6.C31H27F3O6.C31H25F3O6.C21H20O5/c3*32-31(33,34)22-7-4-8-24(15-22)38-18-23(35)13-14-25-26-16-29(36)39-28(26)17-27(25)40-30(37)21-11-9-20(10-12-21)19-5-2-1-3-6-19;22-12-17-16-10-20(23)25-18(16)11-19(17)26-21(24)15-8-6-14(7-9-15)13-4-2-1-3-5-13/h1-15,23,25-29,35-36H,16-18H2;1-15,23,25-28,35H,16-18H2;1-15,25-28H,16-18H2;1-9,16-19,22H,10-12H2/b3*14-13+;/t23-,25-,26-,27-,28?,29?;23-,25-,26-,27-,28?;25-,26-,27-,28?;16-,17-,18?,19-/m1111/s1. The van der Waals surface area contributed by atoms with Crippen LogP contribution < -0.4 is 14.2 Å². The number of halogens is 9. The molecule has 19 rings (SSSR count). The number of carbonyl (C=O) groups excluding carboxylic acids is 8. The van der Waals surface area contributed by atoms with E-state index in [4.69, 9.17) is 52.1 Å². The first kappa shape index (κ1) is 104. The van der Waals surface area contributed by atoms with Crippen molar-refractivity contribution in [1.29, 1.82) is 0 Å². The maximum Gasteiger partial charge on any atom is 0.416 e. The first-order valence-corrected chi connectivity index (χ1v) is 47.5. The molecule has 11 aromatic rings. The smallest absolute Gasteiger partial charge is 0.416 e. The molecule has 19 atom stereocenters. The summed E-state index contributed by atoms with van der Waals surface area (Å²) in [4.78, 5) is 99.0. The van der Waals surface area contributed by atoms with E-state index < -0.39 is 138 Å². The van der Waals surface area contributed by atoms with Gasteiger partial charge in [0.15, 0.2) is 18.7 Å². The van der Waals surface area contributed by atoms with Gasteiger partial charge < -0.3 is 72.5 Å². The Morgan fingerprint density at radius 3 is 0.979 bits per heavy atom. The van der Waals surface area contributed by atoms with Gasteiger partial charge in [-0.05, 0) is 160 Å². The lowest BCUT2D eigenvalue weighted by atomic mass is 9.91. The van der Waals surface area contributed by atoms with Crippen molar-refractivity contribution in [2.45, 2.75) is 137 Å². The van der Waals surface area contributed by atoms with Crippen molar-refractivity contribution < 1.29 is 150 Å². The minimum atomic E-state index is -4.53. The Labute approximate surface area is 833 Å². The number of aliphatic hydroxyl groups excluding tert-OH is 4. The van der Waals surface area contributed by atoms with E-state index in [0.717, 1.165) is 80.9 Å². The molecule has 5 unspecified atom stereocenters. The zero-order valence-corrected chi connectivity index (χ0v) is 78.1. The number of esters is 7. The van der Waals surface area contributed by atoms with Crippen LogP contribution in [0.15, 0.2) is 328 Å². The number of aliphatic hydroxyl groups is 4. The molecule has 0 aromatic heterocycles. The van der Waals surface area contributed by atoms with Crippen LogP contribution in [-0.2, 0) is 75.6 Å². The minimum Gasteiger partial charge on any atom is -0.491 e. The molecular weight excluding hydrogens is 1910 g/mol. The summed E-state index contributed by atoms with van der Waals surface area (Å²) in [5.41, 5.74) is 7.09. The van der Waals surface area contributed by atoms with Gasteiger partial charge in [-0.3, -0.25) is 19.2 Å². The average Bonchev–Trinajstić information content (AvgIpc) is 1.64. The second kappa shape index (κ2) is 46.9. The summed E-state index contributed by atoms with van der Waals surface area (Å²) < 4.78 is 177. The van der Waals surface area contributed by atoms with Crippen molar-refractivity contribution in [3.05, 3.63) is 367 Å². The second-order valence-corrected chi connectivity index (χ2v) is 36.5. The van der Waals surface area contributed by atoms with Crippen molar-refractivity contribution in [1.82, 2.24) is 0 Å². The van der Waals surface area contributed by atoms with Gasteiger partial charge in [-0.15, -0.1) is 0 Å². The highest BCUT2D eigenvalue weighted by atomic mass is 19.4. The van der Waals surface area contributed by atoms with Crippen LogP contribution in [-0.4, -0.2) is 162 Å². The van der Waals surface area contributed by atoms with E-state index in [1.165, 1.54) is 54.6 Å². The maximum atomic E-state index is 13.0. The molecule has 758 valence electrons. The van der Waals surface area contributed by atoms with E-state index in [0.29, 0.717) is 54.4 Å². The van der Waals surface area contributed by atoms with E-state index in [1.807, 2.05) is 170 Å². The molecule has 4 heterocycles. The van der Waals surface area contributed by atoms with E-state index >= 15 is 0 Å². The molecule has 11 aromatic carbocycles. The van der Waals surface area contributed by atoms with E-state index in [1.54, 1.807) is 66.8 Å². The molecule has 4 saturated carbocycles. The molecule has 8 fully saturated rings. The number of fused-ring (bicyclic) bond motifs is 4. The predicted molar refractivity (Wildman–Crippen MR) is 512 cm³/mol. The SMILES string of the molecule is O=C(/C=C/[C@H]1[C@H](OC(=O)c2ccc(-c3ccccc3)cc2)CC2OC(=O)C[C@@H]21)COc1cccc(C(F)(F)F)c1.O=C(O[C@@H]1CC2OC(O)C[C@@H]2[C@H]1/C=C/[C@@H](O)COc1cccc(C(F)(F)F)c1)c1ccc(-c2ccccc2)cc1.O=C1C[C@H]2C(C[C@@H](OC(=O)c3ccc(-c4ccccc4)cc3)[C@@H]2/C=C/[C@@H](O)COc2cccc(C(F)(F)F)c2)O1.O=C1C[C@H]2C(C[C@@H](OC(=O)c3ccc(-c4ccccc4)cc3)[C@@H]2CO)O1. The number of ketones is 1. The fourth-order valence-electron chi connectivity index (χ4n) is 19.6. The van der Waals surface area contributed by atoms with E-state index in [2.05, 4.69) is 0 Å². The Kier molecular flexibility index (Phi) is 33.4. The molecule has 4 N–H and O–H groups in total. The Morgan fingerprint density at radius 1 is 0.342 bits per heavy atom. The van der Waals surface area contributed by atoms with Crippen LogP contribution in [0.2, 0.25) is 0 Å². The topological polar surface area (TPSA) is 319 Å². The average molecular weight is 2010 g/mol. The van der Waals surface area contributed by atoms with Crippen molar-refractivity contribution in [3.8, 4) is 61.8 Å². The molecule has 0 spiro atoms. The van der Waals surface area contributed by atoms with Gasteiger partial charge in [-0.2, -0.15) is 39.5 Å². The molecule has 8 aliphatic rings. The number of hydrogen-bond donors (Lipinski definition) is 4. The lowest BCUT2D eigenvalue weighted by molar-refractivity contribution is -0.143. The number of benzene rings is 11. The zero-order chi connectivity index (χ0) is 103. The molecule has 32 heteroatoms. The van der Waals surface area contributed by atoms with Crippen molar-refractivity contribution in [2.24, 2.45) is 47.3 Å². The lowest BCUT2D eigenvalue weighted by Crippen LogP contribution is -2.28. The second-order valence-electron chi connectivity index (χ2n) is 36.5. The highest BCUT2D eigenvalue weighted by Crippen LogP contribution is 2.49. The third kappa shape index (κ3) is 26.8. The molecule has 4 aliphatic heterocycles. The van der Waals surface area contributed by atoms with Crippen LogP contribution in [0, 0.1) is 47.3 Å². The molecule has 4 saturated heterocycles. The number of carbonyl (C=O) groups is 8. The van der Waals surface area contributed by atoms with E-state index in [-0.39, 0.29) is 122 Å². The van der Waals surface area contributed by atoms with Gasteiger partial charge in [0.2, 0.25) is 0 Å². The maximum absolute atomic E-state index is 13.0. The Balaban J connectivity index is 0.000000141. The molecule has 0 bridgehead atoms. The minimum absolute atomic E-state index is 0.0133. The first-order chi connectivity index (χ1) is 70.2. The summed E-state index contributed by atoms with van der Waals surface area (Å²) in [6.07, 6.45) is -8.76. The first-order valence-electron chi connectivity index (χ1n) is 47.5. The summed E-state index contributed by atoms with van der Waals surface area (Å²) in [6.45, 7) is -1.16. The summed E-state index contributed by atoms with van der Waals surface area (Å²) in [5.74, 6) is -5.60. The van der Waals surface area contributed by atoms with Crippen LogP contribution in [0.4, 0.5) is 39.5 Å². The third-order valence-corrected chi connectivity index (χ3v) is 26.9. The molecule has 23 nitrogen and oxygen atoms in total. The van der Waals surface area contributed by atoms with Crippen LogP contribution in [0.1, 0.15) is 109 Å². The Morgan fingerprint density at radius 2 is 0.637 bits per heavy atom. The molecule has 0 amide bonds. The largest absolute Gasteiger partial charge is 0.491 e. The highest BCUT2D eigenvalue weighted by Gasteiger charge is 2.55. The van der Waals surface area contributed by atoms with Gasteiger partial charge >= 0.3 is 60.3 Å². The molecule has 4 aliphatic carbocycles. The van der Waals surface area contributed by atoms with Crippen LogP contribution in [0.5, 0.6) is 17.2 Å². The van der Waals surface area contributed by atoms with Crippen molar-refractivity contribution in [3.63, 3.8) is 0 Å². The molecular formula is C114H101F9O23. The Bertz CT molecular complexity index is 6450. The highest BCUT2D eigenvalue weighted by molar-refractivity contribution is 5.93. The fraction of sp³-hybridized carbons (Fsp3) is 0.298. The third-order valence-electron chi connectivity index (χ3n) is 26.9. The van der Waals surface area contributed by atoms with Crippen LogP contribution >= 0.6 is 0 Å². The van der Waals surface area contributed by atoms with E-state index in [9.17, 15) is 98.3 Å². The fourth-order valence-corrected chi connectivity index (χ4v) is 19.6. The number of alkyl halides is 9. The molecule has 146 heavy (non-hydrogen) atoms.